The average Bonchev–Trinajstić information content (AvgIpc) is 3.26. The summed E-state index contributed by atoms with van der Waals surface area (Å²) in [7, 11) is -4.61. The topological polar surface area (TPSA) is 188 Å². The first-order valence-electron chi connectivity index (χ1n) is 14.7. The molecule has 1 aliphatic heterocycles. The molecule has 5 rings (SSSR count). The SMILES string of the molecule is CC(C)OP(=O)(OCc1ccc([N+](=O)[O-])c(Oc2ccc(-c3ccc(F)cc3)c(F)c2)c1)OCC1OC(n2ccc(N)nc2=O)C(F)(F)C1O. The summed E-state index contributed by atoms with van der Waals surface area (Å²) in [4.78, 5) is 26.5. The van der Waals surface area contributed by atoms with E-state index in [2.05, 4.69) is 4.98 Å². The second-order valence-corrected chi connectivity index (χ2v) is 12.8. The van der Waals surface area contributed by atoms with Crippen molar-refractivity contribution in [1.82, 2.24) is 9.55 Å². The summed E-state index contributed by atoms with van der Waals surface area (Å²) in [5, 5.41) is 22.0. The van der Waals surface area contributed by atoms with Crippen LogP contribution in [0.1, 0.15) is 25.6 Å². The van der Waals surface area contributed by atoms with Gasteiger partial charge in [0.1, 0.15) is 29.3 Å². The van der Waals surface area contributed by atoms with Crippen molar-refractivity contribution in [2.75, 3.05) is 12.3 Å². The number of halogens is 4. The maximum atomic E-state index is 15.0. The van der Waals surface area contributed by atoms with Crippen LogP contribution in [0.15, 0.2) is 77.7 Å². The van der Waals surface area contributed by atoms with Crippen LogP contribution in [0.3, 0.4) is 0 Å². The molecule has 0 saturated carbocycles. The first-order valence-corrected chi connectivity index (χ1v) is 16.2. The number of aliphatic hydroxyl groups is 1. The molecule has 1 aromatic heterocycles. The molecule has 4 aromatic rings. The Morgan fingerprint density at radius 3 is 2.46 bits per heavy atom. The van der Waals surface area contributed by atoms with Crippen molar-refractivity contribution in [3.05, 3.63) is 111 Å². The van der Waals surface area contributed by atoms with E-state index in [-0.39, 0.29) is 28.4 Å². The van der Waals surface area contributed by atoms with E-state index in [0.29, 0.717) is 10.1 Å². The van der Waals surface area contributed by atoms with Crippen molar-refractivity contribution < 1.29 is 55.2 Å². The highest BCUT2D eigenvalue weighted by Crippen LogP contribution is 2.53. The Morgan fingerprint density at radius 1 is 1.10 bits per heavy atom. The number of nitrogens with zero attached hydrogens (tertiary/aromatic N) is 3. The van der Waals surface area contributed by atoms with Gasteiger partial charge in [-0.15, -0.1) is 0 Å². The van der Waals surface area contributed by atoms with Crippen LogP contribution in [-0.2, 0) is 29.5 Å². The molecule has 1 aliphatic rings. The fourth-order valence-electron chi connectivity index (χ4n) is 4.82. The van der Waals surface area contributed by atoms with Gasteiger partial charge >= 0.3 is 25.1 Å². The van der Waals surface area contributed by atoms with Crippen LogP contribution in [0.4, 0.5) is 29.1 Å². The lowest BCUT2D eigenvalue weighted by atomic mass is 10.0. The van der Waals surface area contributed by atoms with Gasteiger partial charge in [-0.05, 0) is 67.4 Å². The third kappa shape index (κ3) is 8.18. The molecule has 1 fully saturated rings. The minimum absolute atomic E-state index is 0.117. The number of hydrogen-bond acceptors (Lipinski definition) is 12. The number of nitro groups is 1. The largest absolute Gasteiger partial charge is 0.475 e. The number of nitrogen functional groups attached to an aromatic ring is 1. The molecule has 19 heteroatoms. The number of anilines is 1. The van der Waals surface area contributed by atoms with Gasteiger partial charge in [0.2, 0.25) is 12.0 Å². The Balaban J connectivity index is 1.30. The first-order chi connectivity index (χ1) is 23.6. The maximum absolute atomic E-state index is 15.0. The molecular formula is C31H29F4N4O10P. The van der Waals surface area contributed by atoms with E-state index in [4.69, 9.17) is 28.8 Å². The predicted molar refractivity (Wildman–Crippen MR) is 167 cm³/mol. The highest BCUT2D eigenvalue weighted by Gasteiger charge is 2.60. The van der Waals surface area contributed by atoms with E-state index in [1.54, 1.807) is 0 Å². The monoisotopic (exact) mass is 724 g/mol. The number of hydrogen-bond donors (Lipinski definition) is 2. The molecule has 2 heterocycles. The number of nitro benzene ring substituents is 1. The van der Waals surface area contributed by atoms with Crippen molar-refractivity contribution in [2.24, 2.45) is 0 Å². The molecule has 3 aromatic carbocycles. The Hall–Kier alpha value is -4.71. The molecule has 0 bridgehead atoms. The van der Waals surface area contributed by atoms with E-state index in [1.807, 2.05) is 0 Å². The summed E-state index contributed by atoms with van der Waals surface area (Å²) in [6.07, 6.45) is -6.51. The Kier molecular flexibility index (Phi) is 10.7. The van der Waals surface area contributed by atoms with Crippen molar-refractivity contribution in [2.45, 2.75) is 50.9 Å². The standard InChI is InChI=1S/C31H29F4N4O10P/c1-17(2)49-50(44,46-16-26-28(40)31(34,35)29(48-26)38-12-11-27(36)37-30(38)41)45-15-18-3-10-24(39(42)43)25(13-18)47-21-8-9-22(23(33)14-21)19-4-6-20(32)7-5-19/h3-14,17,26,28-29,40H,15-16H2,1-2H3,(H2,36,37,41). The van der Waals surface area contributed by atoms with Crippen LogP contribution in [0.25, 0.3) is 11.1 Å². The fourth-order valence-corrected chi connectivity index (χ4v) is 6.17. The Bertz CT molecular complexity index is 1980. The summed E-state index contributed by atoms with van der Waals surface area (Å²) < 4.78 is 99.0. The summed E-state index contributed by atoms with van der Waals surface area (Å²) in [5.74, 6) is -5.95. The molecule has 50 heavy (non-hydrogen) atoms. The molecule has 266 valence electrons. The highest BCUT2D eigenvalue weighted by atomic mass is 31.2. The number of rotatable bonds is 13. The van der Waals surface area contributed by atoms with Gasteiger partial charge in [0.25, 0.3) is 0 Å². The molecule has 0 radical (unpaired) electrons. The zero-order valence-corrected chi connectivity index (χ0v) is 27.0. The van der Waals surface area contributed by atoms with E-state index >= 15 is 0 Å². The third-order valence-corrected chi connectivity index (χ3v) is 8.74. The van der Waals surface area contributed by atoms with E-state index in [1.165, 1.54) is 44.2 Å². The van der Waals surface area contributed by atoms with Gasteiger partial charge in [0, 0.05) is 23.9 Å². The first kappa shape index (κ1) is 36.6. The van der Waals surface area contributed by atoms with Crippen LogP contribution in [0.2, 0.25) is 0 Å². The number of phosphoric ester groups is 1. The van der Waals surface area contributed by atoms with Crippen LogP contribution in [0, 0.1) is 21.7 Å². The summed E-state index contributed by atoms with van der Waals surface area (Å²) in [6, 6.07) is 13.3. The van der Waals surface area contributed by atoms with Crippen LogP contribution >= 0.6 is 7.82 Å². The van der Waals surface area contributed by atoms with E-state index in [9.17, 15) is 42.1 Å². The highest BCUT2D eigenvalue weighted by molar-refractivity contribution is 7.48. The number of nitrogens with two attached hydrogens (primary N) is 1. The minimum atomic E-state index is -4.61. The van der Waals surface area contributed by atoms with Crippen molar-refractivity contribution in [3.63, 3.8) is 0 Å². The molecule has 4 unspecified atom stereocenters. The molecule has 0 aliphatic carbocycles. The number of aliphatic hydroxyl groups excluding tert-OH is 1. The fraction of sp³-hybridized carbons (Fsp3) is 0.290. The van der Waals surface area contributed by atoms with E-state index < -0.39 is 79.4 Å². The molecule has 3 N–H and O–H groups in total. The maximum Gasteiger partial charge on any atom is 0.475 e. The van der Waals surface area contributed by atoms with Crippen molar-refractivity contribution in [3.8, 4) is 22.6 Å². The lowest BCUT2D eigenvalue weighted by molar-refractivity contribution is -0.385. The van der Waals surface area contributed by atoms with Crippen molar-refractivity contribution >= 4 is 19.3 Å². The second kappa shape index (κ2) is 14.6. The quantitative estimate of drug-likeness (QED) is 0.0696. The lowest BCUT2D eigenvalue weighted by Crippen LogP contribution is -2.42. The zero-order valence-electron chi connectivity index (χ0n) is 26.2. The van der Waals surface area contributed by atoms with Gasteiger partial charge in [-0.1, -0.05) is 12.1 Å². The summed E-state index contributed by atoms with van der Waals surface area (Å²) >= 11 is 0. The summed E-state index contributed by atoms with van der Waals surface area (Å²) in [6.45, 7) is 1.44. The number of benzene rings is 3. The lowest BCUT2D eigenvalue weighted by Gasteiger charge is -2.22. The van der Waals surface area contributed by atoms with Gasteiger partial charge in [-0.3, -0.25) is 28.3 Å². The summed E-state index contributed by atoms with van der Waals surface area (Å²) in [5.41, 5.74) is 4.39. The minimum Gasteiger partial charge on any atom is -0.450 e. The number of alkyl halides is 2. The smallest absolute Gasteiger partial charge is 0.450 e. The molecule has 4 atom stereocenters. The third-order valence-electron chi connectivity index (χ3n) is 7.15. The normalized spacial score (nSPS) is 19.7. The predicted octanol–water partition coefficient (Wildman–Crippen LogP) is 6.13. The van der Waals surface area contributed by atoms with Gasteiger partial charge < -0.3 is 20.3 Å². The average molecular weight is 725 g/mol. The van der Waals surface area contributed by atoms with Crippen LogP contribution in [0.5, 0.6) is 11.5 Å². The van der Waals surface area contributed by atoms with Crippen LogP contribution < -0.4 is 16.2 Å². The molecule has 0 amide bonds. The molecular weight excluding hydrogens is 695 g/mol. The van der Waals surface area contributed by atoms with Gasteiger partial charge in [-0.2, -0.15) is 13.8 Å². The molecule has 14 nitrogen and oxygen atoms in total. The van der Waals surface area contributed by atoms with E-state index in [0.717, 1.165) is 42.6 Å². The molecule has 0 spiro atoms. The number of phosphoric acid groups is 1. The number of ether oxygens (including phenoxy) is 2. The van der Waals surface area contributed by atoms with Crippen molar-refractivity contribution in [1.29, 1.82) is 0 Å². The number of aromatic nitrogens is 2. The zero-order chi connectivity index (χ0) is 36.4. The second-order valence-electron chi connectivity index (χ2n) is 11.2. The van der Waals surface area contributed by atoms with Crippen LogP contribution in [-0.4, -0.2) is 50.4 Å². The Labute approximate surface area is 280 Å². The Morgan fingerprint density at radius 2 is 1.82 bits per heavy atom. The van der Waals surface area contributed by atoms with Gasteiger partial charge in [-0.25, -0.2) is 18.1 Å². The van der Waals surface area contributed by atoms with Gasteiger partial charge in [0.05, 0.1) is 24.2 Å². The molecule has 1 saturated heterocycles. The van der Waals surface area contributed by atoms with Gasteiger partial charge in [0.15, 0.2) is 6.10 Å².